The third-order valence-corrected chi connectivity index (χ3v) is 6.84. The lowest BCUT2D eigenvalue weighted by atomic mass is 9.84. The standard InChI is InChI=1S/C23H28F6N2O4/c1-15-3-4-17(16(13-15)5-6-18(32)33)14-31-10-2-7-21(31)8-11-30(12-9-21)20(34)35-19(22(24,25)26)23(27,28)29/h3-4,13,19H,2,5-12,14H2,1H3,(H,32,33). The molecule has 2 heterocycles. The molecule has 3 rings (SSSR count). The monoisotopic (exact) mass is 510 g/mol. The van der Waals surface area contributed by atoms with E-state index in [0.29, 0.717) is 25.8 Å². The van der Waals surface area contributed by atoms with Crippen molar-refractivity contribution in [2.75, 3.05) is 19.6 Å². The van der Waals surface area contributed by atoms with E-state index in [9.17, 15) is 35.9 Å². The maximum atomic E-state index is 12.7. The van der Waals surface area contributed by atoms with Gasteiger partial charge in [-0.25, -0.2) is 4.79 Å². The number of halogens is 6. The summed E-state index contributed by atoms with van der Waals surface area (Å²) in [6.07, 6.45) is -14.5. The Hall–Kier alpha value is -2.50. The Morgan fingerprint density at radius 2 is 1.66 bits per heavy atom. The number of alkyl halides is 6. The number of nitrogens with zero attached hydrogens (tertiary/aromatic N) is 2. The van der Waals surface area contributed by atoms with E-state index in [1.54, 1.807) is 0 Å². The molecule has 2 aliphatic heterocycles. The molecule has 2 aliphatic rings. The molecule has 0 saturated carbocycles. The molecule has 1 amide bonds. The van der Waals surface area contributed by atoms with Crippen molar-refractivity contribution in [3.63, 3.8) is 0 Å². The van der Waals surface area contributed by atoms with Crippen LogP contribution in [0.4, 0.5) is 31.1 Å². The lowest BCUT2D eigenvalue weighted by Crippen LogP contribution is -2.54. The molecule has 6 nitrogen and oxygen atoms in total. The van der Waals surface area contributed by atoms with Gasteiger partial charge in [-0.1, -0.05) is 23.8 Å². The molecule has 1 aromatic carbocycles. The van der Waals surface area contributed by atoms with E-state index in [1.165, 1.54) is 0 Å². The van der Waals surface area contributed by atoms with E-state index in [2.05, 4.69) is 9.64 Å². The first-order valence-electron chi connectivity index (χ1n) is 11.4. The molecule has 12 heteroatoms. The lowest BCUT2D eigenvalue weighted by molar-refractivity contribution is -0.308. The summed E-state index contributed by atoms with van der Waals surface area (Å²) in [5.41, 5.74) is 2.59. The van der Waals surface area contributed by atoms with Crippen molar-refractivity contribution >= 4 is 12.1 Å². The fourth-order valence-electron chi connectivity index (χ4n) is 5.00. The number of amides is 1. The summed E-state index contributed by atoms with van der Waals surface area (Å²) in [4.78, 5) is 26.3. The molecule has 35 heavy (non-hydrogen) atoms. The van der Waals surface area contributed by atoms with Crippen molar-refractivity contribution in [3.8, 4) is 0 Å². The number of carbonyl (C=O) groups is 2. The Labute approximate surface area is 198 Å². The van der Waals surface area contributed by atoms with Crippen molar-refractivity contribution in [1.82, 2.24) is 9.80 Å². The Balaban J connectivity index is 1.66. The summed E-state index contributed by atoms with van der Waals surface area (Å²) in [7, 11) is 0. The van der Waals surface area contributed by atoms with Gasteiger partial charge < -0.3 is 14.7 Å². The van der Waals surface area contributed by atoms with Crippen molar-refractivity contribution in [2.24, 2.45) is 0 Å². The van der Waals surface area contributed by atoms with Gasteiger partial charge in [0.2, 0.25) is 0 Å². The minimum absolute atomic E-state index is 0.00445. The van der Waals surface area contributed by atoms with Gasteiger partial charge >= 0.3 is 24.4 Å². The fourth-order valence-corrected chi connectivity index (χ4v) is 5.00. The average molecular weight is 510 g/mol. The maximum Gasteiger partial charge on any atom is 0.434 e. The molecule has 1 aromatic rings. The topological polar surface area (TPSA) is 70.1 Å². The third kappa shape index (κ3) is 6.59. The summed E-state index contributed by atoms with van der Waals surface area (Å²) in [6.45, 7) is 3.18. The summed E-state index contributed by atoms with van der Waals surface area (Å²) < 4.78 is 80.3. The largest absolute Gasteiger partial charge is 0.481 e. The van der Waals surface area contributed by atoms with Crippen LogP contribution in [0, 0.1) is 6.92 Å². The second-order valence-electron chi connectivity index (χ2n) is 9.25. The van der Waals surface area contributed by atoms with Crippen LogP contribution in [-0.2, 0) is 22.5 Å². The van der Waals surface area contributed by atoms with E-state index in [4.69, 9.17) is 5.11 Å². The van der Waals surface area contributed by atoms with Crippen molar-refractivity contribution in [3.05, 3.63) is 34.9 Å². The van der Waals surface area contributed by atoms with Gasteiger partial charge in [0.25, 0.3) is 6.10 Å². The predicted molar refractivity (Wildman–Crippen MR) is 113 cm³/mol. The minimum Gasteiger partial charge on any atom is -0.481 e. The number of ether oxygens (including phenoxy) is 1. The summed E-state index contributed by atoms with van der Waals surface area (Å²) in [6, 6.07) is 5.86. The van der Waals surface area contributed by atoms with Gasteiger partial charge in [-0.15, -0.1) is 0 Å². The summed E-state index contributed by atoms with van der Waals surface area (Å²) in [5, 5.41) is 9.05. The molecule has 0 bridgehead atoms. The van der Waals surface area contributed by atoms with E-state index in [1.807, 2.05) is 25.1 Å². The zero-order valence-corrected chi connectivity index (χ0v) is 19.2. The van der Waals surface area contributed by atoms with Crippen LogP contribution in [0.1, 0.15) is 48.8 Å². The van der Waals surface area contributed by atoms with E-state index < -0.39 is 30.5 Å². The fraction of sp³-hybridized carbons (Fsp3) is 0.652. The van der Waals surface area contributed by atoms with Gasteiger partial charge in [0.15, 0.2) is 0 Å². The van der Waals surface area contributed by atoms with Crippen LogP contribution in [0.25, 0.3) is 0 Å². The third-order valence-electron chi connectivity index (χ3n) is 6.84. The van der Waals surface area contributed by atoms with Gasteiger partial charge in [-0.2, -0.15) is 26.3 Å². The molecule has 2 fully saturated rings. The first-order valence-corrected chi connectivity index (χ1v) is 11.4. The smallest absolute Gasteiger partial charge is 0.434 e. The highest BCUT2D eigenvalue weighted by Crippen LogP contribution is 2.41. The Bertz CT molecular complexity index is 912. The van der Waals surface area contributed by atoms with E-state index in [0.717, 1.165) is 41.0 Å². The van der Waals surface area contributed by atoms with Crippen LogP contribution in [0.5, 0.6) is 0 Å². The summed E-state index contributed by atoms with van der Waals surface area (Å²) in [5.74, 6) is -0.896. The predicted octanol–water partition coefficient (Wildman–Crippen LogP) is 5.07. The maximum absolute atomic E-state index is 12.7. The Morgan fingerprint density at radius 3 is 2.23 bits per heavy atom. The van der Waals surface area contributed by atoms with Crippen molar-refractivity contribution in [2.45, 2.75) is 76.0 Å². The number of likely N-dealkylation sites (tertiary alicyclic amines) is 2. The number of carboxylic acid groups (broad SMARTS) is 1. The van der Waals surface area contributed by atoms with Crippen LogP contribution in [-0.4, -0.2) is 70.6 Å². The highest BCUT2D eigenvalue weighted by molar-refractivity contribution is 5.68. The minimum atomic E-state index is -5.75. The molecule has 0 aromatic heterocycles. The number of piperidine rings is 1. The lowest BCUT2D eigenvalue weighted by Gasteiger charge is -2.45. The van der Waals surface area contributed by atoms with Crippen molar-refractivity contribution < 1.29 is 45.8 Å². The van der Waals surface area contributed by atoms with Crippen molar-refractivity contribution in [1.29, 1.82) is 0 Å². The second kappa shape index (κ2) is 10.2. The Morgan fingerprint density at radius 1 is 1.03 bits per heavy atom. The zero-order chi connectivity index (χ0) is 26.0. The number of carboxylic acids is 1. The number of aryl methyl sites for hydroxylation is 2. The normalized spacial score (nSPS) is 18.9. The first-order chi connectivity index (χ1) is 16.2. The van der Waals surface area contributed by atoms with Gasteiger partial charge in [0.1, 0.15) is 0 Å². The van der Waals surface area contributed by atoms with Gasteiger partial charge in [-0.05, 0) is 56.7 Å². The second-order valence-corrected chi connectivity index (χ2v) is 9.25. The van der Waals surface area contributed by atoms with E-state index >= 15 is 0 Å². The van der Waals surface area contributed by atoms with E-state index in [-0.39, 0.29) is 25.0 Å². The van der Waals surface area contributed by atoms with Gasteiger partial charge in [0, 0.05) is 31.6 Å². The molecular formula is C23H28F6N2O4. The molecule has 0 unspecified atom stereocenters. The highest BCUT2D eigenvalue weighted by atomic mass is 19.4. The average Bonchev–Trinajstić information content (AvgIpc) is 3.12. The molecule has 196 valence electrons. The summed E-state index contributed by atoms with van der Waals surface area (Å²) >= 11 is 0. The number of rotatable bonds is 6. The van der Waals surface area contributed by atoms with Crippen LogP contribution in [0.2, 0.25) is 0 Å². The van der Waals surface area contributed by atoms with Crippen LogP contribution >= 0.6 is 0 Å². The number of hydrogen-bond acceptors (Lipinski definition) is 4. The number of hydrogen-bond donors (Lipinski definition) is 1. The highest BCUT2D eigenvalue weighted by Gasteiger charge is 2.60. The quantitative estimate of drug-likeness (QED) is 0.541. The van der Waals surface area contributed by atoms with Crippen LogP contribution in [0.3, 0.4) is 0 Å². The Kier molecular flexibility index (Phi) is 7.93. The van der Waals surface area contributed by atoms with Crippen LogP contribution in [0.15, 0.2) is 18.2 Å². The molecule has 1 spiro atoms. The van der Waals surface area contributed by atoms with Gasteiger partial charge in [-0.3, -0.25) is 9.69 Å². The molecule has 1 N–H and O–H groups in total. The SMILES string of the molecule is Cc1ccc(CN2CCCC23CCN(C(=O)OC(C(F)(F)F)C(F)(F)F)CC3)c(CCC(=O)O)c1. The number of benzene rings is 1. The molecule has 0 aliphatic carbocycles. The molecule has 0 atom stereocenters. The molecular weight excluding hydrogens is 482 g/mol. The van der Waals surface area contributed by atoms with Gasteiger partial charge in [0.05, 0.1) is 0 Å². The van der Waals surface area contributed by atoms with Crippen LogP contribution < -0.4 is 0 Å². The first kappa shape index (κ1) is 27.1. The molecule has 2 saturated heterocycles. The molecule has 0 radical (unpaired) electrons. The zero-order valence-electron chi connectivity index (χ0n) is 19.2. The number of aliphatic carboxylic acids is 1. The number of carbonyl (C=O) groups excluding carboxylic acids is 1.